The Kier molecular flexibility index (Phi) is 7.45. The molecule has 2 unspecified atom stereocenters. The summed E-state index contributed by atoms with van der Waals surface area (Å²) in [7, 11) is 0. The van der Waals surface area contributed by atoms with Crippen LogP contribution in [0, 0.1) is 5.92 Å². The van der Waals surface area contributed by atoms with E-state index in [-0.39, 0.29) is 24.1 Å². The molecule has 1 aromatic carbocycles. The number of ether oxygens (including phenoxy) is 1. The lowest BCUT2D eigenvalue weighted by Crippen LogP contribution is -2.55. The third kappa shape index (κ3) is 5.73. The molecule has 0 saturated carbocycles. The first-order valence-corrected chi connectivity index (χ1v) is 9.39. The number of rotatable bonds is 6. The summed E-state index contributed by atoms with van der Waals surface area (Å²) in [5, 5.41) is 3.07. The van der Waals surface area contributed by atoms with Gasteiger partial charge in [-0.2, -0.15) is 0 Å². The van der Waals surface area contributed by atoms with Crippen LogP contribution in [0.5, 0.6) is 0 Å². The normalized spacial score (nSPS) is 17.7. The van der Waals surface area contributed by atoms with Gasteiger partial charge in [0, 0.05) is 26.2 Å². The maximum Gasteiger partial charge on any atom is 0.409 e. The minimum Gasteiger partial charge on any atom is -0.449 e. The van der Waals surface area contributed by atoms with Crippen LogP contribution in [-0.4, -0.2) is 60.6 Å². The Morgan fingerprint density at radius 1 is 1.04 bits per heavy atom. The average Bonchev–Trinajstić information content (AvgIpc) is 2.66. The summed E-state index contributed by atoms with van der Waals surface area (Å²) in [4.78, 5) is 28.4. The third-order valence-electron chi connectivity index (χ3n) is 4.70. The van der Waals surface area contributed by atoms with Crippen molar-refractivity contribution in [3.63, 3.8) is 0 Å². The summed E-state index contributed by atoms with van der Waals surface area (Å²) in [6.07, 6.45) is -0.256. The SMILES string of the molecule is CC(C)COC(=O)N1CCN(C(C)C(=O)NC(C)c2ccccc2)CC1. The molecule has 0 bridgehead atoms. The predicted octanol–water partition coefficient (Wildman–Crippen LogP) is 2.66. The molecule has 0 radical (unpaired) electrons. The first kappa shape index (κ1) is 20.2. The molecule has 1 aliphatic rings. The molecule has 0 spiro atoms. The Bertz CT molecular complexity index is 583. The van der Waals surface area contributed by atoms with Crippen molar-refractivity contribution in [1.29, 1.82) is 0 Å². The van der Waals surface area contributed by atoms with E-state index in [1.807, 2.05) is 58.0 Å². The van der Waals surface area contributed by atoms with Crippen LogP contribution in [0.3, 0.4) is 0 Å². The minimum absolute atomic E-state index is 0.0113. The van der Waals surface area contributed by atoms with E-state index in [2.05, 4.69) is 10.2 Å². The average molecular weight is 361 g/mol. The molecule has 0 aliphatic carbocycles. The van der Waals surface area contributed by atoms with E-state index in [0.717, 1.165) is 5.56 Å². The van der Waals surface area contributed by atoms with Crippen LogP contribution in [0.15, 0.2) is 30.3 Å². The van der Waals surface area contributed by atoms with Gasteiger partial charge >= 0.3 is 6.09 Å². The van der Waals surface area contributed by atoms with E-state index in [1.165, 1.54) is 0 Å². The Morgan fingerprint density at radius 2 is 1.65 bits per heavy atom. The topological polar surface area (TPSA) is 61.9 Å². The number of nitrogens with one attached hydrogen (secondary N) is 1. The molecule has 6 nitrogen and oxygen atoms in total. The van der Waals surface area contributed by atoms with Crippen molar-refractivity contribution in [3.8, 4) is 0 Å². The highest BCUT2D eigenvalue weighted by molar-refractivity contribution is 5.81. The minimum atomic E-state index is -0.256. The van der Waals surface area contributed by atoms with Crippen LogP contribution in [0.2, 0.25) is 0 Å². The van der Waals surface area contributed by atoms with Gasteiger partial charge in [-0.3, -0.25) is 9.69 Å². The molecular formula is C20H31N3O3. The zero-order valence-corrected chi connectivity index (χ0v) is 16.3. The van der Waals surface area contributed by atoms with Gasteiger partial charge in [0.2, 0.25) is 5.91 Å². The highest BCUT2D eigenvalue weighted by Gasteiger charge is 2.28. The van der Waals surface area contributed by atoms with Gasteiger partial charge in [-0.15, -0.1) is 0 Å². The molecule has 6 heteroatoms. The molecule has 2 atom stereocenters. The lowest BCUT2D eigenvalue weighted by atomic mass is 10.1. The fraction of sp³-hybridized carbons (Fsp3) is 0.600. The number of hydrogen-bond acceptors (Lipinski definition) is 4. The fourth-order valence-corrected chi connectivity index (χ4v) is 2.95. The van der Waals surface area contributed by atoms with Crippen molar-refractivity contribution in [1.82, 2.24) is 15.1 Å². The molecule has 2 amide bonds. The van der Waals surface area contributed by atoms with Crippen molar-refractivity contribution >= 4 is 12.0 Å². The smallest absolute Gasteiger partial charge is 0.409 e. The van der Waals surface area contributed by atoms with Crippen LogP contribution in [0.25, 0.3) is 0 Å². The van der Waals surface area contributed by atoms with Gasteiger partial charge in [-0.1, -0.05) is 44.2 Å². The lowest BCUT2D eigenvalue weighted by molar-refractivity contribution is -0.127. The van der Waals surface area contributed by atoms with Gasteiger partial charge in [0.15, 0.2) is 0 Å². The summed E-state index contributed by atoms with van der Waals surface area (Å²) in [5.41, 5.74) is 1.09. The zero-order chi connectivity index (χ0) is 19.1. The van der Waals surface area contributed by atoms with Gasteiger partial charge in [-0.25, -0.2) is 4.79 Å². The summed E-state index contributed by atoms with van der Waals surface area (Å²) < 4.78 is 5.28. The van der Waals surface area contributed by atoms with Crippen molar-refractivity contribution in [2.45, 2.75) is 39.8 Å². The van der Waals surface area contributed by atoms with E-state index in [9.17, 15) is 9.59 Å². The summed E-state index contributed by atoms with van der Waals surface area (Å²) >= 11 is 0. The van der Waals surface area contributed by atoms with Gasteiger partial charge < -0.3 is 15.0 Å². The van der Waals surface area contributed by atoms with Crippen LogP contribution in [0.4, 0.5) is 4.79 Å². The van der Waals surface area contributed by atoms with Gasteiger partial charge in [0.25, 0.3) is 0 Å². The predicted molar refractivity (Wildman–Crippen MR) is 102 cm³/mol. The van der Waals surface area contributed by atoms with Crippen molar-refractivity contribution in [2.75, 3.05) is 32.8 Å². The molecule has 1 fully saturated rings. The molecule has 1 saturated heterocycles. The largest absolute Gasteiger partial charge is 0.449 e. The van der Waals surface area contributed by atoms with Gasteiger partial charge in [-0.05, 0) is 25.3 Å². The number of amides is 2. The van der Waals surface area contributed by atoms with Crippen LogP contribution < -0.4 is 5.32 Å². The fourth-order valence-electron chi connectivity index (χ4n) is 2.95. The number of carbonyl (C=O) groups is 2. The second-order valence-corrected chi connectivity index (χ2v) is 7.31. The van der Waals surface area contributed by atoms with E-state index < -0.39 is 0 Å². The maximum atomic E-state index is 12.6. The van der Waals surface area contributed by atoms with Crippen LogP contribution in [-0.2, 0) is 9.53 Å². The number of piperazine rings is 1. The third-order valence-corrected chi connectivity index (χ3v) is 4.70. The second-order valence-electron chi connectivity index (χ2n) is 7.31. The highest BCUT2D eigenvalue weighted by atomic mass is 16.6. The standard InChI is InChI=1S/C20H31N3O3/c1-15(2)14-26-20(25)23-12-10-22(11-13-23)17(4)19(24)21-16(3)18-8-6-5-7-9-18/h5-9,15-17H,10-14H2,1-4H3,(H,21,24). The van der Waals surface area contributed by atoms with E-state index >= 15 is 0 Å². The highest BCUT2D eigenvalue weighted by Crippen LogP contribution is 2.13. The molecule has 0 aromatic heterocycles. The van der Waals surface area contributed by atoms with Crippen LogP contribution >= 0.6 is 0 Å². The molecular weight excluding hydrogens is 330 g/mol. The van der Waals surface area contributed by atoms with Crippen LogP contribution in [0.1, 0.15) is 39.3 Å². The molecule has 26 heavy (non-hydrogen) atoms. The van der Waals surface area contributed by atoms with E-state index in [4.69, 9.17) is 4.74 Å². The van der Waals surface area contributed by atoms with Gasteiger partial charge in [0.05, 0.1) is 18.7 Å². The molecule has 1 N–H and O–H groups in total. The molecule has 2 rings (SSSR count). The number of nitrogens with zero attached hydrogens (tertiary/aromatic N) is 2. The summed E-state index contributed by atoms with van der Waals surface area (Å²) in [6.45, 7) is 10.9. The Balaban J connectivity index is 1.79. The Morgan fingerprint density at radius 3 is 2.23 bits per heavy atom. The Labute approximate surface area is 156 Å². The molecule has 1 aromatic rings. The molecule has 1 heterocycles. The first-order valence-electron chi connectivity index (χ1n) is 9.39. The summed E-state index contributed by atoms with van der Waals surface area (Å²) in [5.74, 6) is 0.341. The van der Waals surface area contributed by atoms with Gasteiger partial charge in [0.1, 0.15) is 0 Å². The lowest BCUT2D eigenvalue weighted by Gasteiger charge is -2.37. The van der Waals surface area contributed by atoms with E-state index in [0.29, 0.717) is 38.7 Å². The molecule has 1 aliphatic heterocycles. The maximum absolute atomic E-state index is 12.6. The number of benzene rings is 1. The first-order chi connectivity index (χ1) is 12.4. The van der Waals surface area contributed by atoms with Crippen molar-refractivity contribution in [3.05, 3.63) is 35.9 Å². The Hall–Kier alpha value is -2.08. The number of carbonyl (C=O) groups excluding carboxylic acids is 2. The number of hydrogen-bond donors (Lipinski definition) is 1. The zero-order valence-electron chi connectivity index (χ0n) is 16.3. The molecule has 144 valence electrons. The summed E-state index contributed by atoms with van der Waals surface area (Å²) in [6, 6.07) is 9.67. The van der Waals surface area contributed by atoms with E-state index in [1.54, 1.807) is 4.90 Å². The quantitative estimate of drug-likeness (QED) is 0.846. The monoisotopic (exact) mass is 361 g/mol. The second kappa shape index (κ2) is 9.57. The van der Waals surface area contributed by atoms with Crippen molar-refractivity contribution < 1.29 is 14.3 Å². The van der Waals surface area contributed by atoms with Crippen molar-refractivity contribution in [2.24, 2.45) is 5.92 Å².